The Morgan fingerprint density at radius 3 is 2.48 bits per heavy atom. The van der Waals surface area contributed by atoms with Crippen molar-refractivity contribution < 1.29 is 5.11 Å². The van der Waals surface area contributed by atoms with Crippen LogP contribution in [0.2, 0.25) is 0 Å². The average molecular weight is 294 g/mol. The van der Waals surface area contributed by atoms with Gasteiger partial charge in [-0.2, -0.15) is 0 Å². The van der Waals surface area contributed by atoms with Crippen LogP contribution in [0.25, 0.3) is 0 Å². The van der Waals surface area contributed by atoms with Gasteiger partial charge in [-0.3, -0.25) is 4.99 Å². The summed E-state index contributed by atoms with van der Waals surface area (Å²) in [4.78, 5) is 6.76. The van der Waals surface area contributed by atoms with E-state index in [0.717, 1.165) is 26.1 Å². The molecule has 1 aliphatic heterocycles. The summed E-state index contributed by atoms with van der Waals surface area (Å²) < 4.78 is 0. The summed E-state index contributed by atoms with van der Waals surface area (Å²) in [7, 11) is 0. The molecule has 0 aliphatic carbocycles. The van der Waals surface area contributed by atoms with E-state index in [-0.39, 0.29) is 6.61 Å². The van der Waals surface area contributed by atoms with Crippen LogP contribution in [0.15, 0.2) is 17.1 Å². The van der Waals surface area contributed by atoms with Crippen molar-refractivity contribution in [2.45, 2.75) is 71.1 Å². The fourth-order valence-electron chi connectivity index (χ4n) is 2.77. The molecule has 122 valence electrons. The van der Waals surface area contributed by atoms with E-state index in [9.17, 15) is 0 Å². The van der Waals surface area contributed by atoms with E-state index in [1.807, 2.05) is 0 Å². The van der Waals surface area contributed by atoms with Crippen molar-refractivity contribution in [2.75, 3.05) is 26.2 Å². The van der Waals surface area contributed by atoms with Crippen molar-refractivity contribution in [1.29, 1.82) is 0 Å². The number of hydrogen-bond acceptors (Lipinski definition) is 3. The molecule has 0 aromatic carbocycles. The Kier molecular flexibility index (Phi) is 11.2. The highest BCUT2D eigenvalue weighted by molar-refractivity contribution is 5.83. The summed E-state index contributed by atoms with van der Waals surface area (Å²) in [5, 5.41) is 9.00. The number of allylic oxidation sites excluding steroid dienone is 2. The summed E-state index contributed by atoms with van der Waals surface area (Å²) in [5.74, 6) is 1.21. The molecule has 0 atom stereocenters. The van der Waals surface area contributed by atoms with Gasteiger partial charge >= 0.3 is 0 Å². The van der Waals surface area contributed by atoms with Gasteiger partial charge in [0.15, 0.2) is 0 Å². The SMILES string of the molecule is CCCCCCC/C=C/CCCCC1=NCCN1CCO. The third-order valence-electron chi connectivity index (χ3n) is 4.06. The van der Waals surface area contributed by atoms with Gasteiger partial charge in [-0.25, -0.2) is 0 Å². The van der Waals surface area contributed by atoms with Crippen LogP contribution in [0.5, 0.6) is 0 Å². The van der Waals surface area contributed by atoms with Crippen molar-refractivity contribution in [3.05, 3.63) is 12.2 Å². The highest BCUT2D eigenvalue weighted by Crippen LogP contribution is 2.10. The van der Waals surface area contributed by atoms with Gasteiger partial charge in [-0.15, -0.1) is 0 Å². The smallest absolute Gasteiger partial charge is 0.0991 e. The van der Waals surface area contributed by atoms with E-state index in [2.05, 4.69) is 29.0 Å². The standard InChI is InChI=1S/C18H34N2O/c1-2-3-4-5-6-7-8-9-10-11-12-13-18-19-14-15-20(18)16-17-21/h8-9,21H,2-7,10-17H2,1H3/b9-8+. The van der Waals surface area contributed by atoms with Gasteiger partial charge in [0.25, 0.3) is 0 Å². The van der Waals surface area contributed by atoms with Crippen LogP contribution in [0.4, 0.5) is 0 Å². The van der Waals surface area contributed by atoms with Crippen molar-refractivity contribution in [3.8, 4) is 0 Å². The molecule has 1 heterocycles. The zero-order valence-corrected chi connectivity index (χ0v) is 13.9. The van der Waals surface area contributed by atoms with Crippen molar-refractivity contribution in [3.63, 3.8) is 0 Å². The highest BCUT2D eigenvalue weighted by Gasteiger charge is 2.14. The first-order valence-electron chi connectivity index (χ1n) is 8.92. The molecule has 0 bridgehead atoms. The molecule has 0 aromatic rings. The molecule has 0 aromatic heterocycles. The van der Waals surface area contributed by atoms with E-state index in [1.54, 1.807) is 0 Å². The third-order valence-corrected chi connectivity index (χ3v) is 4.06. The maximum absolute atomic E-state index is 9.00. The lowest BCUT2D eigenvalue weighted by atomic mass is 10.1. The molecular weight excluding hydrogens is 260 g/mol. The quantitative estimate of drug-likeness (QED) is 0.409. The van der Waals surface area contributed by atoms with Crippen LogP contribution in [-0.4, -0.2) is 42.1 Å². The summed E-state index contributed by atoms with van der Waals surface area (Å²) >= 11 is 0. The van der Waals surface area contributed by atoms with E-state index in [1.165, 1.54) is 63.6 Å². The van der Waals surface area contributed by atoms with Crippen LogP contribution in [0.3, 0.4) is 0 Å². The minimum Gasteiger partial charge on any atom is -0.395 e. The molecule has 1 rings (SSSR count). The fraction of sp³-hybridized carbons (Fsp3) is 0.833. The Labute approximate surface area is 131 Å². The Bertz CT molecular complexity index is 300. The van der Waals surface area contributed by atoms with Gasteiger partial charge < -0.3 is 10.0 Å². The average Bonchev–Trinajstić information content (AvgIpc) is 2.92. The lowest BCUT2D eigenvalue weighted by Gasteiger charge is -2.18. The third kappa shape index (κ3) is 8.92. The Hall–Kier alpha value is -0.830. The molecule has 0 fully saturated rings. The number of aliphatic imine (C=N–C) groups is 1. The fourth-order valence-corrected chi connectivity index (χ4v) is 2.77. The first-order chi connectivity index (χ1) is 10.4. The van der Waals surface area contributed by atoms with Gasteiger partial charge in [0.05, 0.1) is 19.0 Å². The van der Waals surface area contributed by atoms with Gasteiger partial charge in [0.2, 0.25) is 0 Å². The van der Waals surface area contributed by atoms with Gasteiger partial charge in [-0.1, -0.05) is 44.8 Å². The number of nitrogens with zero attached hydrogens (tertiary/aromatic N) is 2. The first kappa shape index (κ1) is 18.2. The number of aliphatic hydroxyl groups excluding tert-OH is 1. The molecule has 0 spiro atoms. The molecule has 0 radical (unpaired) electrons. The maximum Gasteiger partial charge on any atom is 0.0991 e. The molecule has 0 unspecified atom stereocenters. The molecular formula is C18H34N2O. The zero-order chi connectivity index (χ0) is 15.2. The summed E-state index contributed by atoms with van der Waals surface area (Å²) in [6.07, 6.45) is 17.5. The van der Waals surface area contributed by atoms with E-state index >= 15 is 0 Å². The van der Waals surface area contributed by atoms with Crippen molar-refractivity contribution in [1.82, 2.24) is 4.90 Å². The van der Waals surface area contributed by atoms with Crippen LogP contribution in [-0.2, 0) is 0 Å². The summed E-state index contributed by atoms with van der Waals surface area (Å²) in [5.41, 5.74) is 0. The second-order valence-corrected chi connectivity index (χ2v) is 5.93. The van der Waals surface area contributed by atoms with E-state index in [0.29, 0.717) is 0 Å². The largest absolute Gasteiger partial charge is 0.395 e. The number of amidine groups is 1. The number of rotatable bonds is 13. The number of β-amino-alcohol motifs (C(OH)–C–C–N with tert-alkyl or cyclic N) is 1. The molecule has 0 saturated carbocycles. The number of unbranched alkanes of at least 4 members (excludes halogenated alkanes) is 7. The Morgan fingerprint density at radius 1 is 1.05 bits per heavy atom. The molecule has 1 aliphatic rings. The van der Waals surface area contributed by atoms with Crippen LogP contribution in [0, 0.1) is 0 Å². The molecule has 3 heteroatoms. The van der Waals surface area contributed by atoms with Crippen LogP contribution in [0.1, 0.15) is 71.1 Å². The lowest BCUT2D eigenvalue weighted by molar-refractivity contribution is 0.255. The van der Waals surface area contributed by atoms with Crippen LogP contribution >= 0.6 is 0 Å². The van der Waals surface area contributed by atoms with Gasteiger partial charge in [0, 0.05) is 19.5 Å². The molecule has 1 N–H and O–H groups in total. The topological polar surface area (TPSA) is 35.8 Å². The van der Waals surface area contributed by atoms with Crippen molar-refractivity contribution >= 4 is 5.84 Å². The molecule has 3 nitrogen and oxygen atoms in total. The monoisotopic (exact) mass is 294 g/mol. The maximum atomic E-state index is 9.00. The molecule has 0 saturated heterocycles. The number of hydrogen-bond donors (Lipinski definition) is 1. The Balaban J connectivity index is 1.92. The zero-order valence-electron chi connectivity index (χ0n) is 13.9. The summed E-state index contributed by atoms with van der Waals surface area (Å²) in [6.45, 7) is 5.15. The minimum absolute atomic E-state index is 0.236. The lowest BCUT2D eigenvalue weighted by Crippen LogP contribution is -2.30. The van der Waals surface area contributed by atoms with Crippen LogP contribution < -0.4 is 0 Å². The minimum atomic E-state index is 0.236. The number of aliphatic hydroxyl groups is 1. The second kappa shape index (κ2) is 12.9. The van der Waals surface area contributed by atoms with Crippen molar-refractivity contribution in [2.24, 2.45) is 4.99 Å². The predicted octanol–water partition coefficient (Wildman–Crippen LogP) is 4.17. The highest BCUT2D eigenvalue weighted by atomic mass is 16.3. The molecule has 0 amide bonds. The second-order valence-electron chi connectivity index (χ2n) is 5.93. The molecule has 21 heavy (non-hydrogen) atoms. The first-order valence-corrected chi connectivity index (χ1v) is 8.92. The van der Waals surface area contributed by atoms with E-state index < -0.39 is 0 Å². The van der Waals surface area contributed by atoms with Gasteiger partial charge in [0.1, 0.15) is 0 Å². The Morgan fingerprint density at radius 2 is 1.76 bits per heavy atom. The van der Waals surface area contributed by atoms with E-state index in [4.69, 9.17) is 5.11 Å². The van der Waals surface area contributed by atoms with Gasteiger partial charge in [-0.05, 0) is 32.1 Å². The summed E-state index contributed by atoms with van der Waals surface area (Å²) in [6, 6.07) is 0. The predicted molar refractivity (Wildman–Crippen MR) is 91.9 cm³/mol. The normalized spacial score (nSPS) is 15.1.